The zero-order valence-corrected chi connectivity index (χ0v) is 17.8. The molecule has 0 bridgehead atoms. The number of sulfonamides is 1. The van der Waals surface area contributed by atoms with E-state index in [1.54, 1.807) is 0 Å². The van der Waals surface area contributed by atoms with Gasteiger partial charge in [-0.3, -0.25) is 4.79 Å². The van der Waals surface area contributed by atoms with Crippen LogP contribution in [0.3, 0.4) is 0 Å². The summed E-state index contributed by atoms with van der Waals surface area (Å²) in [4.78, 5) is 16.3. The van der Waals surface area contributed by atoms with E-state index in [0.29, 0.717) is 24.7 Å². The van der Waals surface area contributed by atoms with Crippen LogP contribution in [-0.4, -0.2) is 41.3 Å². The number of hydrogen-bond donors (Lipinski definition) is 1. The summed E-state index contributed by atoms with van der Waals surface area (Å²) in [5.74, 6) is 0.284. The summed E-state index contributed by atoms with van der Waals surface area (Å²) in [7, 11) is -3.61. The molecule has 1 aliphatic rings. The fourth-order valence-electron chi connectivity index (χ4n) is 2.99. The van der Waals surface area contributed by atoms with Crippen molar-refractivity contribution in [3.63, 3.8) is 0 Å². The number of piperidine rings is 1. The molecule has 1 N–H and O–H groups in total. The Morgan fingerprint density at radius 3 is 2.70 bits per heavy atom. The van der Waals surface area contributed by atoms with Crippen molar-refractivity contribution in [2.24, 2.45) is 5.92 Å². The standard InChI is InChI=1S/C18H23BrN4O3S/c1-13-5-7-23(8-6-13)27(25,26)18-11-22(12-20-18)10-17(24)21-16-4-3-14(2)9-15(16)19/h3-4,9,11-13H,5-8,10H2,1-2H3,(H,21,24). The molecule has 3 rings (SSSR count). The van der Waals surface area contributed by atoms with Crippen molar-refractivity contribution in [3.8, 4) is 0 Å². The van der Waals surface area contributed by atoms with Crippen molar-refractivity contribution in [1.82, 2.24) is 13.9 Å². The molecule has 1 saturated heterocycles. The van der Waals surface area contributed by atoms with Crippen LogP contribution in [0.2, 0.25) is 0 Å². The number of imidazole rings is 1. The highest BCUT2D eigenvalue weighted by Gasteiger charge is 2.29. The first-order valence-corrected chi connectivity index (χ1v) is 11.1. The Morgan fingerprint density at radius 2 is 2.04 bits per heavy atom. The van der Waals surface area contributed by atoms with Crippen molar-refractivity contribution in [3.05, 3.63) is 40.8 Å². The summed E-state index contributed by atoms with van der Waals surface area (Å²) in [5, 5.41) is 2.80. The van der Waals surface area contributed by atoms with E-state index in [2.05, 4.69) is 33.2 Å². The Hall–Kier alpha value is -1.71. The minimum Gasteiger partial charge on any atom is -0.327 e. The highest BCUT2D eigenvalue weighted by Crippen LogP contribution is 2.24. The fourth-order valence-corrected chi connectivity index (χ4v) is 4.99. The first-order chi connectivity index (χ1) is 12.8. The van der Waals surface area contributed by atoms with Gasteiger partial charge in [-0.15, -0.1) is 0 Å². The van der Waals surface area contributed by atoms with E-state index >= 15 is 0 Å². The van der Waals surface area contributed by atoms with Gasteiger partial charge in [-0.1, -0.05) is 13.0 Å². The molecule has 146 valence electrons. The monoisotopic (exact) mass is 454 g/mol. The quantitative estimate of drug-likeness (QED) is 0.752. The Labute approximate surface area is 168 Å². The lowest BCUT2D eigenvalue weighted by atomic mass is 10.0. The largest absolute Gasteiger partial charge is 0.327 e. The first-order valence-electron chi connectivity index (χ1n) is 8.83. The number of rotatable bonds is 5. The Bertz CT molecular complexity index is 934. The molecule has 0 radical (unpaired) electrons. The number of nitrogens with zero attached hydrogens (tertiary/aromatic N) is 3. The topological polar surface area (TPSA) is 84.3 Å². The maximum absolute atomic E-state index is 12.7. The third-order valence-corrected chi connectivity index (χ3v) is 7.12. The van der Waals surface area contributed by atoms with Gasteiger partial charge in [-0.25, -0.2) is 13.4 Å². The number of carbonyl (C=O) groups excluding carboxylic acids is 1. The van der Waals surface area contributed by atoms with Gasteiger partial charge in [-0.2, -0.15) is 4.31 Å². The average Bonchev–Trinajstić information content (AvgIpc) is 3.07. The van der Waals surface area contributed by atoms with Crippen LogP contribution in [-0.2, 0) is 21.4 Å². The maximum Gasteiger partial charge on any atom is 0.262 e. The van der Waals surface area contributed by atoms with Gasteiger partial charge in [0.2, 0.25) is 5.91 Å². The van der Waals surface area contributed by atoms with Gasteiger partial charge >= 0.3 is 0 Å². The lowest BCUT2D eigenvalue weighted by Crippen LogP contribution is -2.38. The van der Waals surface area contributed by atoms with Gasteiger partial charge in [0, 0.05) is 23.8 Å². The Kier molecular flexibility index (Phi) is 6.02. The molecule has 0 unspecified atom stereocenters. The van der Waals surface area contributed by atoms with Gasteiger partial charge in [0.15, 0.2) is 5.03 Å². The summed E-state index contributed by atoms with van der Waals surface area (Å²) >= 11 is 3.42. The predicted molar refractivity (Wildman–Crippen MR) is 107 cm³/mol. The molecule has 0 spiro atoms. The second kappa shape index (κ2) is 8.12. The lowest BCUT2D eigenvalue weighted by molar-refractivity contribution is -0.116. The van der Waals surface area contributed by atoms with Crippen LogP contribution >= 0.6 is 15.9 Å². The van der Waals surface area contributed by atoms with Crippen molar-refractivity contribution >= 4 is 37.5 Å². The summed E-state index contributed by atoms with van der Waals surface area (Å²) in [5.41, 5.74) is 1.75. The SMILES string of the molecule is Cc1ccc(NC(=O)Cn2cnc(S(=O)(=O)N3CCC(C)CC3)c2)c(Br)c1. The number of nitrogens with one attached hydrogen (secondary N) is 1. The Morgan fingerprint density at radius 1 is 1.33 bits per heavy atom. The van der Waals surface area contributed by atoms with Crippen molar-refractivity contribution < 1.29 is 13.2 Å². The lowest BCUT2D eigenvalue weighted by Gasteiger charge is -2.28. The number of hydrogen-bond acceptors (Lipinski definition) is 4. The number of carbonyl (C=O) groups is 1. The van der Waals surface area contributed by atoms with Crippen LogP contribution in [0.15, 0.2) is 40.2 Å². The van der Waals surface area contributed by atoms with E-state index in [-0.39, 0.29) is 17.5 Å². The van der Waals surface area contributed by atoms with E-state index in [1.165, 1.54) is 21.4 Å². The van der Waals surface area contributed by atoms with Gasteiger partial charge in [0.1, 0.15) is 6.54 Å². The van der Waals surface area contributed by atoms with E-state index in [4.69, 9.17) is 0 Å². The molecule has 2 aromatic rings. The maximum atomic E-state index is 12.7. The van der Waals surface area contributed by atoms with E-state index < -0.39 is 10.0 Å². The average molecular weight is 455 g/mol. The summed E-state index contributed by atoms with van der Waals surface area (Å²) in [6, 6.07) is 5.64. The van der Waals surface area contributed by atoms with Crippen molar-refractivity contribution in [2.75, 3.05) is 18.4 Å². The predicted octanol–water partition coefficient (Wildman–Crippen LogP) is 3.01. The molecule has 9 heteroatoms. The van der Waals surface area contributed by atoms with Gasteiger partial charge in [-0.05, 0) is 59.3 Å². The van der Waals surface area contributed by atoms with E-state index in [1.807, 2.05) is 25.1 Å². The summed E-state index contributed by atoms with van der Waals surface area (Å²) in [6.45, 7) is 5.10. The van der Waals surface area contributed by atoms with E-state index in [0.717, 1.165) is 22.9 Å². The van der Waals surface area contributed by atoms with Crippen LogP contribution in [0, 0.1) is 12.8 Å². The van der Waals surface area contributed by atoms with E-state index in [9.17, 15) is 13.2 Å². The normalized spacial score (nSPS) is 16.4. The zero-order chi connectivity index (χ0) is 19.6. The highest BCUT2D eigenvalue weighted by molar-refractivity contribution is 9.10. The molecule has 0 aliphatic carbocycles. The molecule has 0 atom stereocenters. The third-order valence-electron chi connectivity index (χ3n) is 4.68. The molecule has 27 heavy (non-hydrogen) atoms. The molecule has 0 saturated carbocycles. The number of amides is 1. The Balaban J connectivity index is 1.66. The number of aryl methyl sites for hydroxylation is 1. The van der Waals surface area contributed by atoms with Crippen LogP contribution < -0.4 is 5.32 Å². The number of benzene rings is 1. The smallest absolute Gasteiger partial charge is 0.262 e. The van der Waals surface area contributed by atoms with Gasteiger partial charge in [0.25, 0.3) is 10.0 Å². The van der Waals surface area contributed by atoms with Crippen LogP contribution in [0.1, 0.15) is 25.3 Å². The van der Waals surface area contributed by atoms with Gasteiger partial charge in [0.05, 0.1) is 12.0 Å². The molecule has 1 fully saturated rings. The number of halogens is 1. The zero-order valence-electron chi connectivity index (χ0n) is 15.4. The minimum absolute atomic E-state index is 0.0126. The molecule has 1 aromatic carbocycles. The molecule has 7 nitrogen and oxygen atoms in total. The summed E-state index contributed by atoms with van der Waals surface area (Å²) < 4.78 is 29.2. The fraction of sp³-hybridized carbons (Fsp3) is 0.444. The second-order valence-corrected chi connectivity index (χ2v) is 9.74. The molecule has 1 aromatic heterocycles. The molecular weight excluding hydrogens is 432 g/mol. The van der Waals surface area contributed by atoms with Crippen LogP contribution in [0.4, 0.5) is 5.69 Å². The first kappa shape index (κ1) is 20.0. The molecule has 1 aliphatic heterocycles. The van der Waals surface area contributed by atoms with Crippen LogP contribution in [0.5, 0.6) is 0 Å². The molecular formula is C18H23BrN4O3S. The third kappa shape index (κ3) is 4.77. The second-order valence-electron chi connectivity index (χ2n) is 7.00. The summed E-state index contributed by atoms with van der Waals surface area (Å²) in [6.07, 6.45) is 4.50. The molecule has 2 heterocycles. The van der Waals surface area contributed by atoms with Crippen molar-refractivity contribution in [2.45, 2.75) is 38.3 Å². The number of aromatic nitrogens is 2. The van der Waals surface area contributed by atoms with Gasteiger partial charge < -0.3 is 9.88 Å². The van der Waals surface area contributed by atoms with Crippen LogP contribution in [0.25, 0.3) is 0 Å². The molecule has 1 amide bonds. The minimum atomic E-state index is -3.61. The van der Waals surface area contributed by atoms with Crippen molar-refractivity contribution in [1.29, 1.82) is 0 Å². The number of anilines is 1. The highest BCUT2D eigenvalue weighted by atomic mass is 79.9.